The van der Waals surface area contributed by atoms with E-state index < -0.39 is 0 Å². The predicted molar refractivity (Wildman–Crippen MR) is 127 cm³/mol. The van der Waals surface area contributed by atoms with E-state index in [1.165, 1.54) is 6.20 Å². The molecule has 1 aliphatic heterocycles. The van der Waals surface area contributed by atoms with Crippen LogP contribution in [0.3, 0.4) is 0 Å². The van der Waals surface area contributed by atoms with Crippen LogP contribution in [0.5, 0.6) is 5.88 Å². The number of likely N-dealkylation sites (tertiary alicyclic amines) is 1. The minimum Gasteiger partial charge on any atom is -0.474 e. The highest BCUT2D eigenvalue weighted by Gasteiger charge is 2.40. The Hall–Kier alpha value is -3.14. The molecule has 1 amide bonds. The van der Waals surface area contributed by atoms with Gasteiger partial charge in [0.15, 0.2) is 0 Å². The molecular weight excluding hydrogens is 459 g/mol. The number of aromatic nitrogens is 2. The highest BCUT2D eigenvalue weighted by Crippen LogP contribution is 2.38. The van der Waals surface area contributed by atoms with Gasteiger partial charge in [-0.05, 0) is 49.2 Å². The quantitative estimate of drug-likeness (QED) is 0.495. The van der Waals surface area contributed by atoms with Crippen LogP contribution < -0.4 is 4.74 Å². The van der Waals surface area contributed by atoms with Gasteiger partial charge in [-0.1, -0.05) is 29.3 Å². The molecular formula is C25H22Cl2N4O2. The van der Waals surface area contributed by atoms with Crippen LogP contribution in [-0.4, -0.2) is 40.0 Å². The molecule has 4 rings (SSSR count). The van der Waals surface area contributed by atoms with Crippen LogP contribution >= 0.6 is 23.2 Å². The number of nitrogens with zero attached hydrogens (tertiary/aromatic N) is 4. The lowest BCUT2D eigenvalue weighted by Gasteiger charge is -2.25. The van der Waals surface area contributed by atoms with E-state index in [0.717, 1.165) is 11.1 Å². The van der Waals surface area contributed by atoms with Crippen molar-refractivity contribution in [2.75, 3.05) is 13.1 Å². The van der Waals surface area contributed by atoms with Crippen molar-refractivity contribution in [1.29, 1.82) is 5.26 Å². The second-order valence-corrected chi connectivity index (χ2v) is 9.04. The SMILES string of the molecule is Cc1cncc(C(=O)N2C[C@H]([C@H](C)Oc3ccc(C#N)cn3)[C@@H](c3ccc(Cl)c(Cl)c3)C2)c1. The van der Waals surface area contributed by atoms with Crippen LogP contribution in [-0.2, 0) is 0 Å². The number of aryl methyl sites for hydroxylation is 1. The third-order valence-electron chi connectivity index (χ3n) is 5.92. The number of halogens is 2. The topological polar surface area (TPSA) is 79.1 Å². The monoisotopic (exact) mass is 480 g/mol. The molecule has 168 valence electrons. The van der Waals surface area contributed by atoms with Gasteiger partial charge in [0, 0.05) is 49.6 Å². The number of carbonyl (C=O) groups excluding carboxylic acids is 1. The van der Waals surface area contributed by atoms with E-state index in [9.17, 15) is 4.79 Å². The molecule has 6 nitrogen and oxygen atoms in total. The van der Waals surface area contributed by atoms with E-state index in [2.05, 4.69) is 9.97 Å². The van der Waals surface area contributed by atoms with Gasteiger partial charge in [0.25, 0.3) is 5.91 Å². The Balaban J connectivity index is 1.61. The zero-order valence-corrected chi connectivity index (χ0v) is 19.7. The van der Waals surface area contributed by atoms with E-state index in [0.29, 0.717) is 40.1 Å². The summed E-state index contributed by atoms with van der Waals surface area (Å²) in [5.74, 6) is 0.348. The highest BCUT2D eigenvalue weighted by molar-refractivity contribution is 6.42. The number of ether oxygens (including phenoxy) is 1. The highest BCUT2D eigenvalue weighted by atomic mass is 35.5. The van der Waals surface area contributed by atoms with E-state index in [1.807, 2.05) is 43.0 Å². The van der Waals surface area contributed by atoms with Crippen molar-refractivity contribution in [3.63, 3.8) is 0 Å². The number of pyridine rings is 2. The molecule has 0 aliphatic carbocycles. The lowest BCUT2D eigenvalue weighted by molar-refractivity contribution is 0.0769. The van der Waals surface area contributed by atoms with Gasteiger partial charge >= 0.3 is 0 Å². The summed E-state index contributed by atoms with van der Waals surface area (Å²) < 4.78 is 6.13. The molecule has 3 heterocycles. The summed E-state index contributed by atoms with van der Waals surface area (Å²) in [5.41, 5.74) is 2.95. The third kappa shape index (κ3) is 5.11. The summed E-state index contributed by atoms with van der Waals surface area (Å²) in [6, 6.07) is 12.8. The summed E-state index contributed by atoms with van der Waals surface area (Å²) in [4.78, 5) is 23.5. The number of hydrogen-bond donors (Lipinski definition) is 0. The first-order valence-electron chi connectivity index (χ1n) is 10.5. The van der Waals surface area contributed by atoms with E-state index in [1.54, 1.807) is 30.6 Å². The molecule has 2 aromatic heterocycles. The maximum absolute atomic E-state index is 13.2. The lowest BCUT2D eigenvalue weighted by Crippen LogP contribution is -2.32. The number of nitriles is 1. The van der Waals surface area contributed by atoms with Crippen molar-refractivity contribution in [2.24, 2.45) is 5.92 Å². The van der Waals surface area contributed by atoms with Gasteiger partial charge in [0.05, 0.1) is 21.2 Å². The molecule has 3 atom stereocenters. The number of hydrogen-bond acceptors (Lipinski definition) is 5. The van der Waals surface area contributed by atoms with Crippen molar-refractivity contribution in [2.45, 2.75) is 25.9 Å². The third-order valence-corrected chi connectivity index (χ3v) is 6.66. The Morgan fingerprint density at radius 3 is 2.64 bits per heavy atom. The van der Waals surface area contributed by atoms with Gasteiger partial charge in [0.2, 0.25) is 5.88 Å². The summed E-state index contributed by atoms with van der Waals surface area (Å²) in [6.07, 6.45) is 4.55. The molecule has 8 heteroatoms. The molecule has 0 N–H and O–H groups in total. The minimum absolute atomic E-state index is 0.00475. The summed E-state index contributed by atoms with van der Waals surface area (Å²) in [6.45, 7) is 4.91. The second-order valence-electron chi connectivity index (χ2n) is 8.22. The molecule has 0 bridgehead atoms. The average molecular weight is 481 g/mol. The van der Waals surface area contributed by atoms with Crippen molar-refractivity contribution in [3.8, 4) is 11.9 Å². The van der Waals surface area contributed by atoms with Crippen LogP contribution in [0.15, 0.2) is 55.0 Å². The zero-order chi connectivity index (χ0) is 23.5. The Morgan fingerprint density at radius 2 is 1.97 bits per heavy atom. The molecule has 1 aromatic carbocycles. The molecule has 0 unspecified atom stereocenters. The maximum atomic E-state index is 13.2. The summed E-state index contributed by atoms with van der Waals surface area (Å²) >= 11 is 12.4. The van der Waals surface area contributed by atoms with Crippen LogP contribution in [0.4, 0.5) is 0 Å². The first-order valence-corrected chi connectivity index (χ1v) is 11.3. The van der Waals surface area contributed by atoms with Crippen molar-refractivity contribution in [3.05, 3.63) is 87.3 Å². The summed E-state index contributed by atoms with van der Waals surface area (Å²) in [7, 11) is 0. The lowest BCUT2D eigenvalue weighted by atomic mass is 9.86. The first-order chi connectivity index (χ1) is 15.9. The fraction of sp³-hybridized carbons (Fsp3) is 0.280. The van der Waals surface area contributed by atoms with E-state index in [-0.39, 0.29) is 23.8 Å². The number of rotatable bonds is 5. The Labute approximate surface area is 202 Å². The van der Waals surface area contributed by atoms with E-state index in [4.69, 9.17) is 33.2 Å². The number of benzene rings is 1. The van der Waals surface area contributed by atoms with Gasteiger partial charge in [-0.3, -0.25) is 9.78 Å². The van der Waals surface area contributed by atoms with Crippen molar-refractivity contribution >= 4 is 29.1 Å². The van der Waals surface area contributed by atoms with E-state index >= 15 is 0 Å². The number of carbonyl (C=O) groups is 1. The zero-order valence-electron chi connectivity index (χ0n) is 18.2. The molecule has 1 fully saturated rings. The van der Waals surface area contributed by atoms with Crippen molar-refractivity contribution in [1.82, 2.24) is 14.9 Å². The Morgan fingerprint density at radius 1 is 1.15 bits per heavy atom. The van der Waals surface area contributed by atoms with Crippen LogP contribution in [0, 0.1) is 24.2 Å². The molecule has 1 aliphatic rings. The van der Waals surface area contributed by atoms with Crippen LogP contribution in [0.25, 0.3) is 0 Å². The molecule has 33 heavy (non-hydrogen) atoms. The van der Waals surface area contributed by atoms with Gasteiger partial charge in [-0.25, -0.2) is 4.98 Å². The molecule has 0 saturated carbocycles. The largest absolute Gasteiger partial charge is 0.474 e. The fourth-order valence-corrected chi connectivity index (χ4v) is 4.52. The van der Waals surface area contributed by atoms with Gasteiger partial charge in [0.1, 0.15) is 12.2 Å². The van der Waals surface area contributed by atoms with Crippen molar-refractivity contribution < 1.29 is 9.53 Å². The number of amides is 1. The molecule has 0 spiro atoms. The minimum atomic E-state index is -0.252. The van der Waals surface area contributed by atoms with Crippen LogP contribution in [0.2, 0.25) is 10.0 Å². The standard InChI is InChI=1S/C25H22Cl2N4O2/c1-15-7-19(12-29-10-15)25(32)31-13-20(16(2)33-24-6-3-17(9-28)11-30-24)21(14-31)18-4-5-22(26)23(27)8-18/h3-8,10-12,16,20-21H,13-14H2,1-2H3/t16-,20+,21+/m0/s1. The Kier molecular flexibility index (Phi) is 6.83. The van der Waals surface area contributed by atoms with Gasteiger partial charge in [-0.2, -0.15) is 5.26 Å². The average Bonchev–Trinajstić information content (AvgIpc) is 3.26. The molecule has 1 saturated heterocycles. The first kappa shape index (κ1) is 23.0. The second kappa shape index (κ2) is 9.78. The molecule has 0 radical (unpaired) electrons. The fourth-order valence-electron chi connectivity index (χ4n) is 4.21. The Bertz CT molecular complexity index is 1210. The maximum Gasteiger partial charge on any atom is 0.255 e. The van der Waals surface area contributed by atoms with Gasteiger partial charge in [-0.15, -0.1) is 0 Å². The predicted octanol–water partition coefficient (Wildman–Crippen LogP) is 5.29. The normalized spacial score (nSPS) is 18.6. The van der Waals surface area contributed by atoms with Gasteiger partial charge < -0.3 is 9.64 Å². The summed E-state index contributed by atoms with van der Waals surface area (Å²) in [5, 5.41) is 9.95. The molecule has 3 aromatic rings. The smallest absolute Gasteiger partial charge is 0.255 e. The van der Waals surface area contributed by atoms with Crippen LogP contribution in [0.1, 0.15) is 39.9 Å².